The highest BCUT2D eigenvalue weighted by atomic mass is 32.1. The molecule has 0 saturated carbocycles. The second kappa shape index (κ2) is 8.82. The van der Waals surface area contributed by atoms with Crippen molar-refractivity contribution in [3.8, 4) is 0 Å². The summed E-state index contributed by atoms with van der Waals surface area (Å²) in [4.78, 5) is 16.3. The number of thiocarbonyl (C=S) groups is 1. The van der Waals surface area contributed by atoms with Gasteiger partial charge in [-0.1, -0.05) is 12.1 Å². The van der Waals surface area contributed by atoms with Gasteiger partial charge in [-0.3, -0.25) is 4.79 Å². The number of amides is 1. The molecular weight excluding hydrogens is 380 g/mol. The maximum Gasteiger partial charge on any atom is 0.227 e. The molecule has 2 N–H and O–H groups in total. The molecule has 0 bridgehead atoms. The van der Waals surface area contributed by atoms with Gasteiger partial charge in [-0.15, -0.1) is 0 Å². The number of anilines is 3. The number of carbonyl (C=O) groups is 1. The topological polar surface area (TPSA) is 47.6 Å². The maximum atomic E-state index is 12.0. The van der Waals surface area contributed by atoms with E-state index in [2.05, 4.69) is 39.8 Å². The molecule has 152 valence electrons. The van der Waals surface area contributed by atoms with E-state index in [1.165, 1.54) is 24.1 Å². The lowest BCUT2D eigenvalue weighted by Gasteiger charge is -2.19. The van der Waals surface area contributed by atoms with E-state index < -0.39 is 0 Å². The zero-order valence-electron chi connectivity index (χ0n) is 16.9. The van der Waals surface area contributed by atoms with Crippen molar-refractivity contribution in [3.63, 3.8) is 0 Å². The fraction of sp³-hybridized carbons (Fsp3) is 0.391. The Kier molecular flexibility index (Phi) is 6.00. The number of hydrogen-bond donors (Lipinski definition) is 2. The van der Waals surface area contributed by atoms with Crippen molar-refractivity contribution in [1.29, 1.82) is 0 Å². The van der Waals surface area contributed by atoms with Crippen LogP contribution in [0.3, 0.4) is 0 Å². The molecule has 2 aliphatic rings. The molecule has 29 heavy (non-hydrogen) atoms. The Bertz CT molecular complexity index is 890. The number of nitrogens with one attached hydrogen (secondary N) is 2. The van der Waals surface area contributed by atoms with Crippen molar-refractivity contribution in [2.24, 2.45) is 0 Å². The molecule has 0 unspecified atom stereocenters. The van der Waals surface area contributed by atoms with Crippen molar-refractivity contribution in [2.75, 3.05) is 34.8 Å². The first-order chi connectivity index (χ1) is 14.1. The average Bonchev–Trinajstić information content (AvgIpc) is 3.39. The van der Waals surface area contributed by atoms with Crippen LogP contribution in [-0.4, -0.2) is 30.7 Å². The van der Waals surface area contributed by atoms with Gasteiger partial charge < -0.3 is 20.4 Å². The van der Waals surface area contributed by atoms with Crippen LogP contribution in [0.1, 0.15) is 36.8 Å². The zero-order valence-corrected chi connectivity index (χ0v) is 17.7. The van der Waals surface area contributed by atoms with Gasteiger partial charge in [0, 0.05) is 49.7 Å². The van der Waals surface area contributed by atoms with Gasteiger partial charge in [0.25, 0.3) is 0 Å². The fourth-order valence-electron chi connectivity index (χ4n) is 4.10. The summed E-state index contributed by atoms with van der Waals surface area (Å²) >= 11 is 5.46. The summed E-state index contributed by atoms with van der Waals surface area (Å²) in [7, 11) is 0. The molecule has 2 saturated heterocycles. The lowest BCUT2D eigenvalue weighted by Crippen LogP contribution is -2.28. The van der Waals surface area contributed by atoms with E-state index in [9.17, 15) is 4.79 Å². The molecule has 2 aromatic carbocycles. The third kappa shape index (κ3) is 4.70. The van der Waals surface area contributed by atoms with Gasteiger partial charge in [0.1, 0.15) is 0 Å². The van der Waals surface area contributed by atoms with Gasteiger partial charge in [0.2, 0.25) is 5.91 Å². The van der Waals surface area contributed by atoms with Crippen LogP contribution in [-0.2, 0) is 11.3 Å². The van der Waals surface area contributed by atoms with Crippen molar-refractivity contribution in [1.82, 2.24) is 5.32 Å². The summed E-state index contributed by atoms with van der Waals surface area (Å²) in [6, 6.07) is 14.7. The molecule has 4 rings (SSSR count). The standard InChI is InChI=1S/C23H28N4OS/c1-17-15-19(8-11-21(17)27-14-4-5-22(27)28)25-23(29)24-16-18-6-9-20(10-7-18)26-12-2-3-13-26/h6-11,15H,2-5,12-14,16H2,1H3,(H2,24,25,29). The van der Waals surface area contributed by atoms with Crippen molar-refractivity contribution in [3.05, 3.63) is 53.6 Å². The predicted octanol–water partition coefficient (Wildman–Crippen LogP) is 4.21. The van der Waals surface area contributed by atoms with Crippen LogP contribution in [0.25, 0.3) is 0 Å². The molecule has 2 aliphatic heterocycles. The van der Waals surface area contributed by atoms with Crippen LogP contribution in [0.4, 0.5) is 17.1 Å². The molecule has 1 amide bonds. The van der Waals surface area contributed by atoms with E-state index in [0.717, 1.165) is 43.0 Å². The van der Waals surface area contributed by atoms with Gasteiger partial charge in [-0.25, -0.2) is 0 Å². The van der Waals surface area contributed by atoms with E-state index in [1.807, 2.05) is 30.0 Å². The number of hydrogen-bond acceptors (Lipinski definition) is 3. The Labute approximate surface area is 178 Å². The van der Waals surface area contributed by atoms with E-state index in [-0.39, 0.29) is 5.91 Å². The molecule has 0 atom stereocenters. The highest BCUT2D eigenvalue weighted by molar-refractivity contribution is 7.80. The summed E-state index contributed by atoms with van der Waals surface area (Å²) in [5.74, 6) is 0.210. The first-order valence-corrected chi connectivity index (χ1v) is 10.8. The molecule has 2 aromatic rings. The first kappa shape index (κ1) is 19.7. The Hall–Kier alpha value is -2.60. The predicted molar refractivity (Wildman–Crippen MR) is 124 cm³/mol. The van der Waals surface area contributed by atoms with Crippen LogP contribution in [0.5, 0.6) is 0 Å². The molecular formula is C23H28N4OS. The number of carbonyl (C=O) groups excluding carboxylic acids is 1. The van der Waals surface area contributed by atoms with Gasteiger partial charge >= 0.3 is 0 Å². The van der Waals surface area contributed by atoms with Crippen LogP contribution in [0.15, 0.2) is 42.5 Å². The Morgan fingerprint density at radius 3 is 2.45 bits per heavy atom. The molecule has 0 aromatic heterocycles. The summed E-state index contributed by atoms with van der Waals surface area (Å²) in [6.45, 7) is 5.85. The van der Waals surface area contributed by atoms with Crippen molar-refractivity contribution >= 4 is 40.3 Å². The lowest BCUT2D eigenvalue weighted by molar-refractivity contribution is -0.117. The minimum atomic E-state index is 0.210. The quantitative estimate of drug-likeness (QED) is 0.726. The minimum Gasteiger partial charge on any atom is -0.372 e. The van der Waals surface area contributed by atoms with Gasteiger partial charge in [-0.2, -0.15) is 0 Å². The number of nitrogens with zero attached hydrogens (tertiary/aromatic N) is 2. The Balaban J connectivity index is 1.30. The Morgan fingerprint density at radius 1 is 1.03 bits per heavy atom. The summed E-state index contributed by atoms with van der Waals surface area (Å²) in [5, 5.41) is 7.12. The number of benzene rings is 2. The van der Waals surface area contributed by atoms with Crippen molar-refractivity contribution < 1.29 is 4.79 Å². The minimum absolute atomic E-state index is 0.210. The normalized spacial score (nSPS) is 16.4. The molecule has 2 heterocycles. The summed E-state index contributed by atoms with van der Waals surface area (Å²) in [5.41, 5.74) is 5.51. The molecule has 0 aliphatic carbocycles. The summed E-state index contributed by atoms with van der Waals surface area (Å²) < 4.78 is 0. The van der Waals surface area contributed by atoms with Gasteiger partial charge in [-0.05, 0) is 79.9 Å². The maximum absolute atomic E-state index is 12.0. The zero-order chi connectivity index (χ0) is 20.2. The van der Waals surface area contributed by atoms with Crippen LogP contribution < -0.4 is 20.4 Å². The molecule has 5 nitrogen and oxygen atoms in total. The lowest BCUT2D eigenvalue weighted by atomic mass is 10.1. The highest BCUT2D eigenvalue weighted by Crippen LogP contribution is 2.27. The van der Waals surface area contributed by atoms with E-state index in [0.29, 0.717) is 18.1 Å². The second-order valence-electron chi connectivity index (χ2n) is 7.82. The SMILES string of the molecule is Cc1cc(NC(=S)NCc2ccc(N3CCCC3)cc2)ccc1N1CCCC1=O. The molecule has 0 radical (unpaired) electrons. The third-order valence-electron chi connectivity index (χ3n) is 5.68. The molecule has 0 spiro atoms. The highest BCUT2D eigenvalue weighted by Gasteiger charge is 2.22. The van der Waals surface area contributed by atoms with Gasteiger partial charge in [0.05, 0.1) is 0 Å². The van der Waals surface area contributed by atoms with E-state index >= 15 is 0 Å². The average molecular weight is 409 g/mol. The van der Waals surface area contributed by atoms with Crippen LogP contribution >= 0.6 is 12.2 Å². The smallest absolute Gasteiger partial charge is 0.227 e. The molecule has 2 fully saturated rings. The van der Waals surface area contributed by atoms with Crippen LogP contribution in [0, 0.1) is 6.92 Å². The largest absolute Gasteiger partial charge is 0.372 e. The second-order valence-corrected chi connectivity index (χ2v) is 8.23. The molecule has 6 heteroatoms. The van der Waals surface area contributed by atoms with Crippen LogP contribution in [0.2, 0.25) is 0 Å². The monoisotopic (exact) mass is 408 g/mol. The fourth-order valence-corrected chi connectivity index (χ4v) is 4.29. The van der Waals surface area contributed by atoms with Crippen molar-refractivity contribution in [2.45, 2.75) is 39.2 Å². The van der Waals surface area contributed by atoms with E-state index in [4.69, 9.17) is 12.2 Å². The van der Waals surface area contributed by atoms with Gasteiger partial charge in [0.15, 0.2) is 5.11 Å². The number of aryl methyl sites for hydroxylation is 1. The number of rotatable bonds is 5. The first-order valence-electron chi connectivity index (χ1n) is 10.4. The summed E-state index contributed by atoms with van der Waals surface area (Å²) in [6.07, 6.45) is 4.16. The van der Waals surface area contributed by atoms with E-state index in [1.54, 1.807) is 0 Å². The third-order valence-corrected chi connectivity index (χ3v) is 5.93. The Morgan fingerprint density at radius 2 is 1.79 bits per heavy atom.